The normalized spacial score (nSPS) is 10.1. The Labute approximate surface area is 169 Å². The number of para-hydroxylation sites is 1. The third-order valence-corrected chi connectivity index (χ3v) is 4.09. The molecule has 0 bridgehead atoms. The summed E-state index contributed by atoms with van der Waals surface area (Å²) in [6.45, 7) is 3.13. The average Bonchev–Trinajstić information content (AvgIpc) is 2.71. The van der Waals surface area contributed by atoms with Crippen molar-refractivity contribution in [3.05, 3.63) is 78.4 Å². The van der Waals surface area contributed by atoms with E-state index in [1.807, 2.05) is 37.3 Å². The second-order valence-electron chi connectivity index (χ2n) is 6.38. The maximum atomic E-state index is 12.2. The Morgan fingerprint density at radius 1 is 0.759 bits per heavy atom. The molecule has 3 aromatic rings. The minimum Gasteiger partial charge on any atom is -0.484 e. The van der Waals surface area contributed by atoms with Crippen molar-refractivity contribution in [1.82, 2.24) is 0 Å². The number of anilines is 2. The fraction of sp³-hybridized carbons (Fsp3) is 0.130. The van der Waals surface area contributed by atoms with Gasteiger partial charge in [0.15, 0.2) is 6.61 Å². The zero-order valence-electron chi connectivity index (χ0n) is 16.3. The first-order valence-electron chi connectivity index (χ1n) is 9.14. The molecule has 0 aromatic heterocycles. The van der Waals surface area contributed by atoms with Crippen LogP contribution in [0.3, 0.4) is 0 Å². The number of hydrogen-bond acceptors (Lipinski definition) is 4. The first-order chi connectivity index (χ1) is 14.0. The Kier molecular flexibility index (Phi) is 6.47. The van der Waals surface area contributed by atoms with Crippen LogP contribution >= 0.6 is 0 Å². The van der Waals surface area contributed by atoms with Crippen LogP contribution in [-0.2, 0) is 9.59 Å². The van der Waals surface area contributed by atoms with Gasteiger partial charge >= 0.3 is 0 Å². The molecule has 6 heteroatoms. The van der Waals surface area contributed by atoms with Crippen LogP contribution in [0, 0.1) is 6.92 Å². The van der Waals surface area contributed by atoms with Crippen molar-refractivity contribution in [3.63, 3.8) is 0 Å². The number of amides is 2. The number of rotatable bonds is 7. The van der Waals surface area contributed by atoms with E-state index in [9.17, 15) is 9.59 Å². The van der Waals surface area contributed by atoms with Gasteiger partial charge in [-0.25, -0.2) is 0 Å². The summed E-state index contributed by atoms with van der Waals surface area (Å²) in [5.41, 5.74) is 2.06. The van der Waals surface area contributed by atoms with Gasteiger partial charge in [-0.15, -0.1) is 0 Å². The molecule has 2 N–H and O–H groups in total. The standard InChI is InChI=1S/C23H22N2O4/c1-16-21(24-17(2)26)9-6-10-22(16)25-23(27)15-28-18-11-13-20(14-12-18)29-19-7-4-3-5-8-19/h3-14H,15H2,1-2H3,(H,24,26)(H,25,27). The maximum absolute atomic E-state index is 12.2. The van der Waals surface area contributed by atoms with E-state index in [-0.39, 0.29) is 18.4 Å². The Morgan fingerprint density at radius 3 is 2.00 bits per heavy atom. The van der Waals surface area contributed by atoms with Crippen LogP contribution in [0.2, 0.25) is 0 Å². The number of carbonyl (C=O) groups is 2. The number of nitrogens with one attached hydrogen (secondary N) is 2. The first-order valence-corrected chi connectivity index (χ1v) is 9.14. The Morgan fingerprint density at radius 2 is 1.34 bits per heavy atom. The summed E-state index contributed by atoms with van der Waals surface area (Å²) >= 11 is 0. The predicted molar refractivity (Wildman–Crippen MR) is 113 cm³/mol. The average molecular weight is 390 g/mol. The van der Waals surface area contributed by atoms with Crippen molar-refractivity contribution in [1.29, 1.82) is 0 Å². The lowest BCUT2D eigenvalue weighted by Gasteiger charge is -2.13. The number of carbonyl (C=O) groups excluding carboxylic acids is 2. The summed E-state index contributed by atoms with van der Waals surface area (Å²) in [4.78, 5) is 23.5. The summed E-state index contributed by atoms with van der Waals surface area (Å²) in [6.07, 6.45) is 0. The lowest BCUT2D eigenvalue weighted by molar-refractivity contribution is -0.118. The largest absolute Gasteiger partial charge is 0.484 e. The number of benzene rings is 3. The fourth-order valence-corrected chi connectivity index (χ4v) is 2.66. The van der Waals surface area contributed by atoms with Crippen molar-refractivity contribution >= 4 is 23.2 Å². The predicted octanol–water partition coefficient (Wildman–Crippen LogP) is 4.76. The van der Waals surface area contributed by atoms with Crippen LogP contribution in [0.1, 0.15) is 12.5 Å². The van der Waals surface area contributed by atoms with Crippen LogP contribution in [0.25, 0.3) is 0 Å². The molecule has 0 atom stereocenters. The van der Waals surface area contributed by atoms with Gasteiger partial charge in [0.2, 0.25) is 5.91 Å². The van der Waals surface area contributed by atoms with Gasteiger partial charge < -0.3 is 20.1 Å². The lowest BCUT2D eigenvalue weighted by Crippen LogP contribution is -2.21. The van der Waals surface area contributed by atoms with Crippen molar-refractivity contribution in [2.75, 3.05) is 17.2 Å². The second-order valence-corrected chi connectivity index (χ2v) is 6.38. The fourth-order valence-electron chi connectivity index (χ4n) is 2.66. The molecule has 0 heterocycles. The van der Waals surface area contributed by atoms with Crippen molar-refractivity contribution in [2.24, 2.45) is 0 Å². The van der Waals surface area contributed by atoms with E-state index in [0.717, 1.165) is 11.3 Å². The zero-order chi connectivity index (χ0) is 20.6. The number of hydrogen-bond donors (Lipinski definition) is 2. The van der Waals surface area contributed by atoms with Gasteiger partial charge in [0.25, 0.3) is 5.91 Å². The Hall–Kier alpha value is -3.80. The van der Waals surface area contributed by atoms with Crippen LogP contribution in [0.15, 0.2) is 72.8 Å². The quantitative estimate of drug-likeness (QED) is 0.610. The van der Waals surface area contributed by atoms with E-state index in [2.05, 4.69) is 10.6 Å². The summed E-state index contributed by atoms with van der Waals surface area (Å²) in [5.74, 6) is 1.53. The van der Waals surface area contributed by atoms with E-state index < -0.39 is 0 Å². The summed E-state index contributed by atoms with van der Waals surface area (Å²) in [6, 6.07) is 21.8. The van der Waals surface area contributed by atoms with Gasteiger partial charge in [0, 0.05) is 18.3 Å². The molecule has 0 aliphatic carbocycles. The van der Waals surface area contributed by atoms with Gasteiger partial charge in [-0.3, -0.25) is 9.59 Å². The van der Waals surface area contributed by atoms with E-state index in [4.69, 9.17) is 9.47 Å². The lowest BCUT2D eigenvalue weighted by atomic mass is 10.1. The molecule has 0 unspecified atom stereocenters. The molecule has 3 rings (SSSR count). The van der Waals surface area contributed by atoms with Gasteiger partial charge in [0.1, 0.15) is 17.2 Å². The van der Waals surface area contributed by atoms with Gasteiger partial charge in [-0.05, 0) is 61.0 Å². The van der Waals surface area contributed by atoms with Crippen molar-refractivity contribution in [3.8, 4) is 17.2 Å². The van der Waals surface area contributed by atoms with Gasteiger partial charge in [0.05, 0.1) is 0 Å². The minimum absolute atomic E-state index is 0.136. The highest BCUT2D eigenvalue weighted by Crippen LogP contribution is 2.25. The molecule has 3 aromatic carbocycles. The van der Waals surface area contributed by atoms with Crippen LogP contribution in [-0.4, -0.2) is 18.4 Å². The topological polar surface area (TPSA) is 76.7 Å². The highest BCUT2D eigenvalue weighted by atomic mass is 16.5. The van der Waals surface area contributed by atoms with Crippen molar-refractivity contribution < 1.29 is 19.1 Å². The highest BCUT2D eigenvalue weighted by Gasteiger charge is 2.09. The SMILES string of the molecule is CC(=O)Nc1cccc(NC(=O)COc2ccc(Oc3ccccc3)cc2)c1C. The molecule has 2 amide bonds. The monoisotopic (exact) mass is 390 g/mol. The molecule has 29 heavy (non-hydrogen) atoms. The van der Waals surface area contributed by atoms with Crippen molar-refractivity contribution in [2.45, 2.75) is 13.8 Å². The molecule has 0 saturated heterocycles. The molecule has 0 aliphatic heterocycles. The zero-order valence-corrected chi connectivity index (χ0v) is 16.3. The summed E-state index contributed by atoms with van der Waals surface area (Å²) in [5, 5.41) is 5.53. The third kappa shape index (κ3) is 5.84. The molecule has 0 aliphatic rings. The van der Waals surface area contributed by atoms with Gasteiger partial charge in [-0.1, -0.05) is 24.3 Å². The van der Waals surface area contributed by atoms with E-state index in [0.29, 0.717) is 22.9 Å². The molecular weight excluding hydrogens is 368 g/mol. The van der Waals surface area contributed by atoms with E-state index >= 15 is 0 Å². The third-order valence-electron chi connectivity index (χ3n) is 4.09. The second kappa shape index (κ2) is 9.41. The molecule has 0 fully saturated rings. The number of ether oxygens (including phenoxy) is 2. The summed E-state index contributed by atoms with van der Waals surface area (Å²) < 4.78 is 11.3. The minimum atomic E-state index is -0.294. The Balaban J connectivity index is 1.54. The molecule has 148 valence electrons. The molecule has 0 saturated carbocycles. The molecule has 0 spiro atoms. The Bertz CT molecular complexity index is 986. The summed E-state index contributed by atoms with van der Waals surface area (Å²) in [7, 11) is 0. The molecular formula is C23H22N2O4. The first kappa shape index (κ1) is 19.9. The maximum Gasteiger partial charge on any atom is 0.262 e. The van der Waals surface area contributed by atoms with Crippen LogP contribution in [0.5, 0.6) is 17.2 Å². The van der Waals surface area contributed by atoms with Gasteiger partial charge in [-0.2, -0.15) is 0 Å². The highest BCUT2D eigenvalue weighted by molar-refractivity contribution is 5.95. The smallest absolute Gasteiger partial charge is 0.262 e. The molecule has 6 nitrogen and oxygen atoms in total. The van der Waals surface area contributed by atoms with E-state index in [1.54, 1.807) is 42.5 Å². The van der Waals surface area contributed by atoms with E-state index in [1.165, 1.54) is 6.92 Å². The van der Waals surface area contributed by atoms with Crippen LogP contribution < -0.4 is 20.1 Å². The molecule has 0 radical (unpaired) electrons. The van der Waals surface area contributed by atoms with Crippen LogP contribution in [0.4, 0.5) is 11.4 Å².